The van der Waals surface area contributed by atoms with E-state index in [4.69, 9.17) is 0 Å². The lowest BCUT2D eigenvalue weighted by atomic mass is 9.79. The van der Waals surface area contributed by atoms with Crippen LogP contribution in [0.4, 0.5) is 0 Å². The zero-order valence-electron chi connectivity index (χ0n) is 27.4. The SMILES string of the molecule is CC.CC1C=CC(c2cccc(-n3c4ccccc4c4ccc5c(c43)C(C)(C)c3c(-c4ccccc4)c4ccccc4n3-5)c2)=CC1. The van der Waals surface area contributed by atoms with Crippen molar-refractivity contribution < 1.29 is 0 Å². The second-order valence-corrected chi connectivity index (χ2v) is 13.1. The van der Waals surface area contributed by atoms with Crippen LogP contribution in [0.25, 0.3) is 60.8 Å². The van der Waals surface area contributed by atoms with Crippen LogP contribution in [-0.2, 0) is 5.41 Å². The number of rotatable bonds is 3. The first-order chi connectivity index (χ1) is 22.5. The van der Waals surface area contributed by atoms with Crippen LogP contribution in [0.3, 0.4) is 0 Å². The fraction of sp³-hybridized carbons (Fsp3) is 0.182. The highest BCUT2D eigenvalue weighted by atomic mass is 15.1. The van der Waals surface area contributed by atoms with E-state index in [9.17, 15) is 0 Å². The van der Waals surface area contributed by atoms with Crippen LogP contribution in [0.2, 0.25) is 0 Å². The molecule has 0 radical (unpaired) electrons. The van der Waals surface area contributed by atoms with Crippen LogP contribution < -0.4 is 0 Å². The summed E-state index contributed by atoms with van der Waals surface area (Å²) in [5.41, 5.74) is 14.0. The molecule has 1 atom stereocenters. The molecule has 0 amide bonds. The quantitative estimate of drug-likeness (QED) is 0.192. The summed E-state index contributed by atoms with van der Waals surface area (Å²) in [6.07, 6.45) is 8.10. The largest absolute Gasteiger partial charge is 0.312 e. The fourth-order valence-electron chi connectivity index (χ4n) is 7.98. The number of allylic oxidation sites excluding steroid dienone is 4. The minimum absolute atomic E-state index is 0.243. The lowest BCUT2D eigenvalue weighted by molar-refractivity contribution is 0.649. The Balaban J connectivity index is 0.00000153. The van der Waals surface area contributed by atoms with Crippen molar-refractivity contribution in [3.8, 4) is 22.5 Å². The van der Waals surface area contributed by atoms with Crippen molar-refractivity contribution in [1.82, 2.24) is 9.13 Å². The Labute approximate surface area is 271 Å². The van der Waals surface area contributed by atoms with Crippen LogP contribution in [0.5, 0.6) is 0 Å². The second-order valence-electron chi connectivity index (χ2n) is 13.1. The average Bonchev–Trinajstić information content (AvgIpc) is 3.71. The summed E-state index contributed by atoms with van der Waals surface area (Å²) in [6.45, 7) is 11.1. The van der Waals surface area contributed by atoms with E-state index in [0.717, 1.165) is 6.42 Å². The molecule has 0 bridgehead atoms. The highest BCUT2D eigenvalue weighted by molar-refractivity contribution is 6.13. The van der Waals surface area contributed by atoms with Gasteiger partial charge in [-0.3, -0.25) is 0 Å². The summed E-state index contributed by atoms with van der Waals surface area (Å²) in [4.78, 5) is 0. The molecule has 1 aliphatic heterocycles. The molecule has 0 spiro atoms. The van der Waals surface area contributed by atoms with E-state index in [-0.39, 0.29) is 5.41 Å². The number of nitrogens with zero attached hydrogens (tertiary/aromatic N) is 2. The number of aromatic nitrogens is 2. The maximum absolute atomic E-state index is 2.55. The standard InChI is InChI=1S/C42H34N2.C2H6/c1-27-20-22-28(23-21-27)30-14-11-15-31(26-30)43-35-18-9-7-16-32(35)33-24-25-37-39(40(33)43)42(2,3)41-38(29-12-5-4-6-13-29)34-17-8-10-19-36(34)44(37)41;1-2/h4-20,22-27H,21H2,1-3H3;1-2H3. The van der Waals surface area contributed by atoms with E-state index < -0.39 is 0 Å². The Bertz CT molecular complexity index is 2340. The van der Waals surface area contributed by atoms with Gasteiger partial charge in [-0.15, -0.1) is 0 Å². The van der Waals surface area contributed by atoms with Crippen molar-refractivity contribution in [2.45, 2.75) is 46.5 Å². The summed E-state index contributed by atoms with van der Waals surface area (Å²) in [5.74, 6) is 0.596. The van der Waals surface area contributed by atoms with E-state index in [2.05, 4.69) is 163 Å². The predicted octanol–water partition coefficient (Wildman–Crippen LogP) is 12.0. The molecular weight excluding hydrogens is 556 g/mol. The number of hydrogen-bond acceptors (Lipinski definition) is 0. The van der Waals surface area contributed by atoms with E-state index in [1.165, 1.54) is 77.6 Å². The highest BCUT2D eigenvalue weighted by Gasteiger charge is 2.43. The Morgan fingerprint density at radius 1 is 0.652 bits per heavy atom. The van der Waals surface area contributed by atoms with E-state index in [1.54, 1.807) is 0 Å². The first-order valence-electron chi connectivity index (χ1n) is 16.8. The van der Waals surface area contributed by atoms with Crippen molar-refractivity contribution in [2.75, 3.05) is 0 Å². The maximum Gasteiger partial charge on any atom is 0.0603 e. The zero-order chi connectivity index (χ0) is 31.6. The molecule has 0 saturated carbocycles. The fourth-order valence-corrected chi connectivity index (χ4v) is 7.98. The summed E-state index contributed by atoms with van der Waals surface area (Å²) in [7, 11) is 0. The van der Waals surface area contributed by atoms with Crippen LogP contribution in [-0.4, -0.2) is 9.13 Å². The topological polar surface area (TPSA) is 9.86 Å². The number of benzene rings is 5. The van der Waals surface area contributed by atoms with Crippen molar-refractivity contribution >= 4 is 38.3 Å². The molecular formula is C44H40N2. The Hall–Kier alpha value is -5.08. The van der Waals surface area contributed by atoms with Crippen molar-refractivity contribution in [3.63, 3.8) is 0 Å². The first kappa shape index (κ1) is 28.4. The van der Waals surface area contributed by atoms with E-state index in [1.807, 2.05) is 13.8 Å². The van der Waals surface area contributed by atoms with Crippen LogP contribution in [0.1, 0.15) is 57.9 Å². The number of fused-ring (bicyclic) bond motifs is 9. The third-order valence-corrected chi connectivity index (χ3v) is 9.96. The Morgan fingerprint density at radius 2 is 1.33 bits per heavy atom. The lowest BCUT2D eigenvalue weighted by Crippen LogP contribution is -2.18. The van der Waals surface area contributed by atoms with Gasteiger partial charge in [0.05, 0.1) is 22.2 Å². The van der Waals surface area contributed by atoms with Crippen molar-refractivity contribution in [2.24, 2.45) is 5.92 Å². The van der Waals surface area contributed by atoms with Crippen LogP contribution in [0, 0.1) is 5.92 Å². The zero-order valence-corrected chi connectivity index (χ0v) is 27.4. The monoisotopic (exact) mass is 596 g/mol. The Kier molecular flexibility index (Phi) is 6.65. The summed E-state index contributed by atoms with van der Waals surface area (Å²) in [5, 5.41) is 3.91. The van der Waals surface area contributed by atoms with Gasteiger partial charge in [0.25, 0.3) is 0 Å². The minimum atomic E-state index is -0.243. The maximum atomic E-state index is 2.55. The van der Waals surface area contributed by atoms with Gasteiger partial charge in [0, 0.05) is 44.1 Å². The molecule has 1 aliphatic carbocycles. The number of para-hydroxylation sites is 2. The predicted molar refractivity (Wildman–Crippen MR) is 197 cm³/mol. The second kappa shape index (κ2) is 10.8. The molecule has 46 heavy (non-hydrogen) atoms. The molecule has 1 unspecified atom stereocenters. The molecule has 7 aromatic rings. The van der Waals surface area contributed by atoms with Gasteiger partial charge in [-0.1, -0.05) is 138 Å². The molecule has 2 nitrogen and oxygen atoms in total. The summed E-state index contributed by atoms with van der Waals surface area (Å²) < 4.78 is 5.07. The average molecular weight is 597 g/mol. The third kappa shape index (κ3) is 4.02. The summed E-state index contributed by atoms with van der Waals surface area (Å²) >= 11 is 0. The first-order valence-corrected chi connectivity index (χ1v) is 16.8. The van der Waals surface area contributed by atoms with Crippen molar-refractivity contribution in [3.05, 3.63) is 150 Å². The molecule has 0 saturated heterocycles. The molecule has 3 heterocycles. The van der Waals surface area contributed by atoms with Crippen LogP contribution >= 0.6 is 0 Å². The molecule has 2 aliphatic rings. The molecule has 2 heteroatoms. The van der Waals surface area contributed by atoms with Gasteiger partial charge in [0.2, 0.25) is 0 Å². The van der Waals surface area contributed by atoms with E-state index >= 15 is 0 Å². The van der Waals surface area contributed by atoms with Crippen LogP contribution in [0.15, 0.2) is 133 Å². The third-order valence-electron chi connectivity index (χ3n) is 9.96. The Morgan fingerprint density at radius 3 is 2.07 bits per heavy atom. The summed E-state index contributed by atoms with van der Waals surface area (Å²) in [6, 6.07) is 42.6. The van der Waals surface area contributed by atoms with Gasteiger partial charge < -0.3 is 9.13 Å². The molecule has 0 fully saturated rings. The lowest BCUT2D eigenvalue weighted by Gasteiger charge is -2.24. The molecule has 9 rings (SSSR count). The normalized spacial score (nSPS) is 16.3. The van der Waals surface area contributed by atoms with Gasteiger partial charge in [-0.25, -0.2) is 0 Å². The molecule has 5 aromatic carbocycles. The van der Waals surface area contributed by atoms with E-state index in [0.29, 0.717) is 5.92 Å². The highest BCUT2D eigenvalue weighted by Crippen LogP contribution is 2.54. The van der Waals surface area contributed by atoms with Gasteiger partial charge in [0.15, 0.2) is 0 Å². The number of hydrogen-bond donors (Lipinski definition) is 0. The van der Waals surface area contributed by atoms with Crippen molar-refractivity contribution in [1.29, 1.82) is 0 Å². The van der Waals surface area contributed by atoms with Gasteiger partial charge >= 0.3 is 0 Å². The molecule has 226 valence electrons. The smallest absolute Gasteiger partial charge is 0.0603 e. The minimum Gasteiger partial charge on any atom is -0.312 e. The van der Waals surface area contributed by atoms with Gasteiger partial charge in [-0.2, -0.15) is 0 Å². The van der Waals surface area contributed by atoms with Gasteiger partial charge in [-0.05, 0) is 59.4 Å². The molecule has 2 aromatic heterocycles. The molecule has 0 N–H and O–H groups in total. The van der Waals surface area contributed by atoms with Gasteiger partial charge in [0.1, 0.15) is 0 Å².